The Morgan fingerprint density at radius 1 is 0.800 bits per heavy atom. The Morgan fingerprint density at radius 3 is 1.45 bits per heavy atom. The Hall–Kier alpha value is -0.0800. The fourth-order valence-corrected chi connectivity index (χ4v) is 5.17. The van der Waals surface area contributed by atoms with Crippen LogP contribution in [0.25, 0.3) is 0 Å². The predicted octanol–water partition coefficient (Wildman–Crippen LogP) is 4.14. The average Bonchev–Trinajstić information content (AvgIpc) is 2.83. The second kappa shape index (κ2) is 5.96. The van der Waals surface area contributed by atoms with E-state index in [0.29, 0.717) is 23.7 Å². The summed E-state index contributed by atoms with van der Waals surface area (Å²) in [7, 11) is 0. The molecule has 0 spiro atoms. The SMILES string of the molecule is CCC1CCC(C)(O)C1CCC1C(CC)CCC1(C)O. The van der Waals surface area contributed by atoms with Gasteiger partial charge in [-0.1, -0.05) is 26.7 Å². The number of hydrogen-bond acceptors (Lipinski definition) is 2. The van der Waals surface area contributed by atoms with Crippen molar-refractivity contribution in [3.8, 4) is 0 Å². The molecular formula is C18H34O2. The van der Waals surface area contributed by atoms with Crippen molar-refractivity contribution in [1.29, 1.82) is 0 Å². The van der Waals surface area contributed by atoms with Gasteiger partial charge in [0.05, 0.1) is 11.2 Å². The van der Waals surface area contributed by atoms with Crippen LogP contribution in [0.2, 0.25) is 0 Å². The van der Waals surface area contributed by atoms with Crippen molar-refractivity contribution in [2.75, 3.05) is 0 Å². The molecule has 2 N–H and O–H groups in total. The summed E-state index contributed by atoms with van der Waals surface area (Å²) in [6, 6.07) is 0. The van der Waals surface area contributed by atoms with E-state index < -0.39 is 11.2 Å². The fourth-order valence-electron chi connectivity index (χ4n) is 5.17. The Kier molecular flexibility index (Phi) is 4.86. The van der Waals surface area contributed by atoms with E-state index in [-0.39, 0.29) is 0 Å². The lowest BCUT2D eigenvalue weighted by molar-refractivity contribution is -0.0193. The van der Waals surface area contributed by atoms with Gasteiger partial charge < -0.3 is 10.2 Å². The Labute approximate surface area is 125 Å². The van der Waals surface area contributed by atoms with Crippen LogP contribution in [0.1, 0.15) is 79.1 Å². The van der Waals surface area contributed by atoms with Gasteiger partial charge in [0.2, 0.25) is 0 Å². The third-order valence-electron chi connectivity index (χ3n) is 6.62. The van der Waals surface area contributed by atoms with Gasteiger partial charge in [0.15, 0.2) is 0 Å². The lowest BCUT2D eigenvalue weighted by Gasteiger charge is -2.34. The van der Waals surface area contributed by atoms with Gasteiger partial charge in [0, 0.05) is 0 Å². The van der Waals surface area contributed by atoms with Gasteiger partial charge in [-0.25, -0.2) is 0 Å². The maximum Gasteiger partial charge on any atom is 0.0650 e. The van der Waals surface area contributed by atoms with Gasteiger partial charge in [-0.05, 0) is 76.0 Å². The molecule has 20 heavy (non-hydrogen) atoms. The summed E-state index contributed by atoms with van der Waals surface area (Å²) in [6.45, 7) is 8.55. The van der Waals surface area contributed by atoms with Crippen molar-refractivity contribution in [3.05, 3.63) is 0 Å². The van der Waals surface area contributed by atoms with Gasteiger partial charge in [-0.2, -0.15) is 0 Å². The zero-order valence-corrected chi connectivity index (χ0v) is 13.9. The van der Waals surface area contributed by atoms with Crippen LogP contribution in [0.3, 0.4) is 0 Å². The Balaban J connectivity index is 1.99. The van der Waals surface area contributed by atoms with E-state index in [2.05, 4.69) is 13.8 Å². The molecule has 2 saturated carbocycles. The zero-order valence-electron chi connectivity index (χ0n) is 13.9. The highest BCUT2D eigenvalue weighted by Crippen LogP contribution is 2.49. The summed E-state index contributed by atoms with van der Waals surface area (Å²) in [5, 5.41) is 21.2. The molecule has 0 aliphatic heterocycles. The average molecular weight is 282 g/mol. The van der Waals surface area contributed by atoms with E-state index in [4.69, 9.17) is 0 Å². The zero-order chi connectivity index (χ0) is 15.0. The van der Waals surface area contributed by atoms with Crippen molar-refractivity contribution < 1.29 is 10.2 Å². The van der Waals surface area contributed by atoms with Gasteiger partial charge in [0.25, 0.3) is 0 Å². The fraction of sp³-hybridized carbons (Fsp3) is 1.00. The lowest BCUT2D eigenvalue weighted by atomic mass is 9.76. The molecule has 2 heteroatoms. The molecule has 0 saturated heterocycles. The van der Waals surface area contributed by atoms with Crippen molar-refractivity contribution in [2.45, 2.75) is 90.3 Å². The van der Waals surface area contributed by atoms with Crippen molar-refractivity contribution >= 4 is 0 Å². The molecular weight excluding hydrogens is 248 g/mol. The minimum Gasteiger partial charge on any atom is -0.390 e. The molecule has 0 heterocycles. The quantitative estimate of drug-likeness (QED) is 0.795. The summed E-state index contributed by atoms with van der Waals surface area (Å²) in [6.07, 6.45) is 8.78. The molecule has 2 aliphatic rings. The summed E-state index contributed by atoms with van der Waals surface area (Å²) >= 11 is 0. The van der Waals surface area contributed by atoms with Crippen molar-refractivity contribution in [3.63, 3.8) is 0 Å². The van der Waals surface area contributed by atoms with Crippen LogP contribution >= 0.6 is 0 Å². The van der Waals surface area contributed by atoms with E-state index in [9.17, 15) is 10.2 Å². The first-order valence-electron chi connectivity index (χ1n) is 8.76. The van der Waals surface area contributed by atoms with E-state index in [1.807, 2.05) is 13.8 Å². The second-order valence-corrected chi connectivity index (χ2v) is 7.92. The first-order valence-corrected chi connectivity index (χ1v) is 8.76. The predicted molar refractivity (Wildman–Crippen MR) is 83.5 cm³/mol. The molecule has 0 amide bonds. The highest BCUT2D eigenvalue weighted by Gasteiger charge is 2.46. The van der Waals surface area contributed by atoms with E-state index in [1.165, 1.54) is 25.7 Å². The van der Waals surface area contributed by atoms with Crippen molar-refractivity contribution in [1.82, 2.24) is 0 Å². The normalized spacial score (nSPS) is 48.9. The van der Waals surface area contributed by atoms with Gasteiger partial charge in [-0.3, -0.25) is 0 Å². The maximum atomic E-state index is 10.6. The molecule has 6 atom stereocenters. The van der Waals surface area contributed by atoms with Crippen LogP contribution in [-0.2, 0) is 0 Å². The first-order chi connectivity index (χ1) is 9.31. The van der Waals surface area contributed by atoms with Crippen LogP contribution < -0.4 is 0 Å². The highest BCUT2D eigenvalue weighted by molar-refractivity contribution is 4.97. The third-order valence-corrected chi connectivity index (χ3v) is 6.62. The molecule has 6 unspecified atom stereocenters. The molecule has 0 aromatic carbocycles. The number of hydrogen-bond donors (Lipinski definition) is 2. The molecule has 0 radical (unpaired) electrons. The molecule has 0 aromatic rings. The highest BCUT2D eigenvalue weighted by atomic mass is 16.3. The first kappa shape index (κ1) is 16.3. The van der Waals surface area contributed by atoms with Crippen LogP contribution in [0, 0.1) is 23.7 Å². The smallest absolute Gasteiger partial charge is 0.0650 e. The standard InChI is InChI=1S/C18H34O2/c1-5-13-9-11-17(3,19)15(13)7-8-16-14(6-2)10-12-18(16,4)20/h13-16,19-20H,5-12H2,1-4H3. The summed E-state index contributed by atoms with van der Waals surface area (Å²) < 4.78 is 0. The van der Waals surface area contributed by atoms with Gasteiger partial charge >= 0.3 is 0 Å². The summed E-state index contributed by atoms with van der Waals surface area (Å²) in [4.78, 5) is 0. The summed E-state index contributed by atoms with van der Waals surface area (Å²) in [5.74, 6) is 2.22. The van der Waals surface area contributed by atoms with Crippen molar-refractivity contribution in [2.24, 2.45) is 23.7 Å². The lowest BCUT2D eigenvalue weighted by Crippen LogP contribution is -2.35. The number of aliphatic hydroxyl groups is 2. The topological polar surface area (TPSA) is 40.5 Å². The minimum atomic E-state index is -0.479. The third kappa shape index (κ3) is 3.06. The van der Waals surface area contributed by atoms with Gasteiger partial charge in [0.1, 0.15) is 0 Å². The summed E-state index contributed by atoms with van der Waals surface area (Å²) in [5.41, 5.74) is -0.959. The molecule has 2 aliphatic carbocycles. The maximum absolute atomic E-state index is 10.6. The van der Waals surface area contributed by atoms with Crippen LogP contribution in [0.5, 0.6) is 0 Å². The second-order valence-electron chi connectivity index (χ2n) is 7.92. The molecule has 2 rings (SSSR count). The molecule has 118 valence electrons. The van der Waals surface area contributed by atoms with Crippen LogP contribution in [0.15, 0.2) is 0 Å². The molecule has 0 aromatic heterocycles. The largest absolute Gasteiger partial charge is 0.390 e. The molecule has 2 nitrogen and oxygen atoms in total. The molecule has 2 fully saturated rings. The molecule has 0 bridgehead atoms. The Morgan fingerprint density at radius 2 is 1.15 bits per heavy atom. The van der Waals surface area contributed by atoms with E-state index in [1.54, 1.807) is 0 Å². The minimum absolute atomic E-state index is 0.432. The Bertz CT molecular complexity index is 289. The van der Waals surface area contributed by atoms with Gasteiger partial charge in [-0.15, -0.1) is 0 Å². The van der Waals surface area contributed by atoms with Crippen LogP contribution in [0.4, 0.5) is 0 Å². The number of rotatable bonds is 5. The van der Waals surface area contributed by atoms with Crippen LogP contribution in [-0.4, -0.2) is 21.4 Å². The monoisotopic (exact) mass is 282 g/mol. The van der Waals surface area contributed by atoms with E-state index >= 15 is 0 Å². The van der Waals surface area contributed by atoms with E-state index in [0.717, 1.165) is 25.7 Å².